The topological polar surface area (TPSA) is 59.4 Å². The van der Waals surface area contributed by atoms with Gasteiger partial charge in [-0.05, 0) is 55.3 Å². The number of alkyl halides is 3. The SMILES string of the molecule is Cc1cc(/C=C/c2sc(-c3ccc(C(F)(F)F)cc3)nc2C)ccc1OCC(=O)O. The predicted molar refractivity (Wildman–Crippen MR) is 111 cm³/mol. The van der Waals surface area contributed by atoms with Crippen molar-refractivity contribution in [2.45, 2.75) is 20.0 Å². The fourth-order valence-corrected chi connectivity index (χ4v) is 3.71. The van der Waals surface area contributed by atoms with Crippen molar-refractivity contribution in [2.24, 2.45) is 0 Å². The number of carbonyl (C=O) groups is 1. The molecule has 0 bridgehead atoms. The molecule has 4 nitrogen and oxygen atoms in total. The number of rotatable bonds is 6. The van der Waals surface area contributed by atoms with E-state index in [1.54, 1.807) is 6.07 Å². The zero-order valence-electron chi connectivity index (χ0n) is 16.2. The van der Waals surface area contributed by atoms with Crippen LogP contribution in [0.4, 0.5) is 13.2 Å². The second kappa shape index (κ2) is 8.71. The Labute approximate surface area is 175 Å². The molecule has 0 saturated heterocycles. The normalized spacial score (nSPS) is 11.8. The summed E-state index contributed by atoms with van der Waals surface area (Å²) >= 11 is 1.39. The summed E-state index contributed by atoms with van der Waals surface area (Å²) in [6, 6.07) is 10.4. The van der Waals surface area contributed by atoms with Crippen molar-refractivity contribution in [3.63, 3.8) is 0 Å². The molecule has 8 heteroatoms. The number of carboxylic acid groups (broad SMARTS) is 1. The lowest BCUT2D eigenvalue weighted by Crippen LogP contribution is -2.10. The van der Waals surface area contributed by atoms with Gasteiger partial charge in [0.1, 0.15) is 10.8 Å². The van der Waals surface area contributed by atoms with E-state index in [1.165, 1.54) is 23.5 Å². The first-order valence-electron chi connectivity index (χ1n) is 8.92. The lowest BCUT2D eigenvalue weighted by Gasteiger charge is -2.07. The molecule has 0 aliphatic rings. The Balaban J connectivity index is 1.76. The number of benzene rings is 2. The van der Waals surface area contributed by atoms with E-state index < -0.39 is 24.3 Å². The third-order valence-corrected chi connectivity index (χ3v) is 5.44. The molecule has 0 amide bonds. The first-order chi connectivity index (χ1) is 14.1. The zero-order chi connectivity index (χ0) is 21.9. The third-order valence-electron chi connectivity index (χ3n) is 4.27. The number of aliphatic carboxylic acids is 1. The van der Waals surface area contributed by atoms with Gasteiger partial charge in [0.05, 0.1) is 16.1 Å². The van der Waals surface area contributed by atoms with Crippen molar-refractivity contribution in [1.29, 1.82) is 0 Å². The van der Waals surface area contributed by atoms with Crippen molar-refractivity contribution in [3.8, 4) is 16.3 Å². The molecule has 0 aliphatic heterocycles. The molecule has 1 N–H and O–H groups in total. The molecule has 0 saturated carbocycles. The van der Waals surface area contributed by atoms with Crippen LogP contribution in [-0.2, 0) is 11.0 Å². The number of thiazole rings is 1. The van der Waals surface area contributed by atoms with Gasteiger partial charge in [0.2, 0.25) is 0 Å². The highest BCUT2D eigenvalue weighted by Gasteiger charge is 2.30. The lowest BCUT2D eigenvalue weighted by atomic mass is 10.1. The first kappa shape index (κ1) is 21.6. The number of halogens is 3. The van der Waals surface area contributed by atoms with Crippen LogP contribution in [0.3, 0.4) is 0 Å². The van der Waals surface area contributed by atoms with Gasteiger partial charge in [-0.25, -0.2) is 9.78 Å². The van der Waals surface area contributed by atoms with Gasteiger partial charge in [-0.15, -0.1) is 11.3 Å². The number of aryl methyl sites for hydroxylation is 2. The minimum Gasteiger partial charge on any atom is -0.482 e. The van der Waals surface area contributed by atoms with Crippen LogP contribution in [0.1, 0.15) is 27.3 Å². The summed E-state index contributed by atoms with van der Waals surface area (Å²) in [6.07, 6.45) is -0.574. The Morgan fingerprint density at radius 1 is 1.13 bits per heavy atom. The van der Waals surface area contributed by atoms with Crippen molar-refractivity contribution in [2.75, 3.05) is 6.61 Å². The molecule has 3 aromatic rings. The lowest BCUT2D eigenvalue weighted by molar-refractivity contribution is -0.139. The van der Waals surface area contributed by atoms with Gasteiger partial charge >= 0.3 is 12.1 Å². The highest BCUT2D eigenvalue weighted by molar-refractivity contribution is 7.16. The molecular weight excluding hydrogens is 415 g/mol. The zero-order valence-corrected chi connectivity index (χ0v) is 17.0. The molecule has 2 aromatic carbocycles. The largest absolute Gasteiger partial charge is 0.482 e. The summed E-state index contributed by atoms with van der Waals surface area (Å²) in [6.45, 7) is 3.27. The summed E-state index contributed by atoms with van der Waals surface area (Å²) in [4.78, 5) is 16.0. The molecular formula is C22H18F3NO3S. The summed E-state index contributed by atoms with van der Waals surface area (Å²) in [7, 11) is 0. The number of ether oxygens (including phenoxy) is 1. The quantitative estimate of drug-likeness (QED) is 0.512. The van der Waals surface area contributed by atoms with Crippen LogP contribution in [0.15, 0.2) is 42.5 Å². The van der Waals surface area contributed by atoms with Gasteiger partial charge in [-0.3, -0.25) is 0 Å². The molecule has 3 rings (SSSR count). The first-order valence-corrected chi connectivity index (χ1v) is 9.73. The van der Waals surface area contributed by atoms with Crippen LogP contribution >= 0.6 is 11.3 Å². The second-order valence-electron chi connectivity index (χ2n) is 6.58. The van der Waals surface area contributed by atoms with Crippen LogP contribution in [0.25, 0.3) is 22.7 Å². The van der Waals surface area contributed by atoms with Gasteiger partial charge in [-0.2, -0.15) is 13.2 Å². The van der Waals surface area contributed by atoms with Crippen LogP contribution < -0.4 is 4.74 Å². The Hall–Kier alpha value is -3.13. The number of aromatic nitrogens is 1. The van der Waals surface area contributed by atoms with E-state index >= 15 is 0 Å². The number of hydrogen-bond donors (Lipinski definition) is 1. The van der Waals surface area contributed by atoms with Crippen molar-refractivity contribution in [3.05, 3.63) is 69.7 Å². The van der Waals surface area contributed by atoms with Crippen LogP contribution in [0.5, 0.6) is 5.75 Å². The second-order valence-corrected chi connectivity index (χ2v) is 7.62. The predicted octanol–water partition coefficient (Wildman–Crippen LogP) is 6.08. The molecule has 0 radical (unpaired) electrons. The van der Waals surface area contributed by atoms with Crippen LogP contribution in [0.2, 0.25) is 0 Å². The van der Waals surface area contributed by atoms with E-state index in [2.05, 4.69) is 4.98 Å². The van der Waals surface area contributed by atoms with E-state index in [-0.39, 0.29) is 0 Å². The standard InChI is InChI=1S/C22H18F3NO3S/c1-13-11-15(3-9-18(13)29-12-20(27)28)4-10-19-14(2)26-21(30-19)16-5-7-17(8-6-16)22(23,24)25/h3-11H,12H2,1-2H3,(H,27,28)/b10-4+. The Morgan fingerprint density at radius 2 is 1.83 bits per heavy atom. The molecule has 0 fully saturated rings. The monoisotopic (exact) mass is 433 g/mol. The molecule has 156 valence electrons. The summed E-state index contributed by atoms with van der Waals surface area (Å²) in [5, 5.41) is 9.35. The molecule has 1 aromatic heterocycles. The summed E-state index contributed by atoms with van der Waals surface area (Å²) < 4.78 is 43.4. The Morgan fingerprint density at radius 3 is 2.43 bits per heavy atom. The minimum absolute atomic E-state index is 0.400. The van der Waals surface area contributed by atoms with E-state index in [1.807, 2.05) is 38.1 Å². The summed E-state index contributed by atoms with van der Waals surface area (Å²) in [5.41, 5.74) is 2.44. The van der Waals surface area contributed by atoms with Crippen molar-refractivity contribution < 1.29 is 27.8 Å². The highest BCUT2D eigenvalue weighted by Crippen LogP contribution is 2.33. The van der Waals surface area contributed by atoms with Crippen LogP contribution in [0, 0.1) is 13.8 Å². The molecule has 0 spiro atoms. The Kier molecular flexibility index (Phi) is 6.26. The minimum atomic E-state index is -4.36. The maximum absolute atomic E-state index is 12.7. The smallest absolute Gasteiger partial charge is 0.416 e. The van der Waals surface area contributed by atoms with Gasteiger partial charge in [0.15, 0.2) is 6.61 Å². The number of hydrogen-bond acceptors (Lipinski definition) is 4. The molecule has 1 heterocycles. The maximum atomic E-state index is 12.7. The molecule has 0 atom stereocenters. The van der Waals surface area contributed by atoms with Gasteiger partial charge in [0, 0.05) is 5.56 Å². The van der Waals surface area contributed by atoms with E-state index in [0.29, 0.717) is 16.3 Å². The molecule has 30 heavy (non-hydrogen) atoms. The van der Waals surface area contributed by atoms with Gasteiger partial charge < -0.3 is 9.84 Å². The van der Waals surface area contributed by atoms with E-state index in [9.17, 15) is 18.0 Å². The fourth-order valence-electron chi connectivity index (χ4n) is 2.74. The van der Waals surface area contributed by atoms with E-state index in [4.69, 9.17) is 9.84 Å². The maximum Gasteiger partial charge on any atom is 0.416 e. The van der Waals surface area contributed by atoms with Crippen LogP contribution in [-0.4, -0.2) is 22.7 Å². The highest BCUT2D eigenvalue weighted by atomic mass is 32.1. The summed E-state index contributed by atoms with van der Waals surface area (Å²) in [5.74, 6) is -0.531. The average molecular weight is 433 g/mol. The molecule has 0 unspecified atom stereocenters. The third kappa shape index (κ3) is 5.27. The molecule has 0 aliphatic carbocycles. The van der Waals surface area contributed by atoms with Crippen molar-refractivity contribution in [1.82, 2.24) is 4.98 Å². The fraction of sp³-hybridized carbons (Fsp3) is 0.182. The number of carboxylic acids is 1. The van der Waals surface area contributed by atoms with Gasteiger partial charge in [0.25, 0.3) is 0 Å². The van der Waals surface area contributed by atoms with Gasteiger partial charge in [-0.1, -0.05) is 24.3 Å². The van der Waals surface area contributed by atoms with Crippen molar-refractivity contribution >= 4 is 29.5 Å². The number of nitrogens with zero attached hydrogens (tertiary/aromatic N) is 1. The Bertz CT molecular complexity index is 1090. The average Bonchev–Trinajstić information content (AvgIpc) is 3.05. The van der Waals surface area contributed by atoms with E-state index in [0.717, 1.165) is 33.8 Å².